The van der Waals surface area contributed by atoms with Gasteiger partial charge >= 0.3 is 19.4 Å². The van der Waals surface area contributed by atoms with Gasteiger partial charge in [-0.3, -0.25) is 9.59 Å². The fraction of sp³-hybridized carbons (Fsp3) is 0.167. The first-order valence-electron chi connectivity index (χ1n) is 5.75. The van der Waals surface area contributed by atoms with Gasteiger partial charge in [-0.2, -0.15) is 0 Å². The van der Waals surface area contributed by atoms with Gasteiger partial charge in [-0.15, -0.1) is 16.4 Å². The van der Waals surface area contributed by atoms with Crippen molar-refractivity contribution in [3.05, 3.63) is 56.1 Å². The highest BCUT2D eigenvalue weighted by molar-refractivity contribution is 7.30. The first-order valence-corrected chi connectivity index (χ1v) is 7.30. The van der Waals surface area contributed by atoms with Gasteiger partial charge in [0.2, 0.25) is 0 Å². The molecule has 1 heterocycles. The highest BCUT2D eigenvalue weighted by atomic mass is 35.5. The predicted octanol–water partition coefficient (Wildman–Crippen LogP) is 1.62. The normalized spacial score (nSPS) is 9.86. The molecule has 2 rings (SSSR count). The minimum atomic E-state index is -2.87. The molecule has 4 N–H and O–H groups in total. The molecule has 2 aromatic rings. The predicted molar refractivity (Wildman–Crippen MR) is 80.8 cm³/mol. The number of rotatable bonds is 3. The van der Waals surface area contributed by atoms with Crippen molar-refractivity contribution in [2.24, 2.45) is 0 Å². The van der Waals surface area contributed by atoms with Crippen LogP contribution in [0.1, 0.15) is 12.0 Å². The maximum atomic E-state index is 11.3. The van der Waals surface area contributed by atoms with Crippen LogP contribution in [0.4, 0.5) is 0 Å². The van der Waals surface area contributed by atoms with Crippen molar-refractivity contribution in [1.29, 1.82) is 0 Å². The number of hydrogen-bond acceptors (Lipinski definition) is 3. The van der Waals surface area contributed by atoms with Crippen molar-refractivity contribution in [1.82, 2.24) is 9.97 Å². The van der Waals surface area contributed by atoms with Crippen LogP contribution < -0.4 is 11.1 Å². The molecular weight excluding hydrogens is 319 g/mol. The Morgan fingerprint density at radius 1 is 1.24 bits per heavy atom. The highest BCUT2D eigenvalue weighted by Crippen LogP contribution is 2.20. The van der Waals surface area contributed by atoms with Crippen LogP contribution in [0.25, 0.3) is 11.0 Å². The van der Waals surface area contributed by atoms with Crippen molar-refractivity contribution in [3.63, 3.8) is 0 Å². The Kier molecular flexibility index (Phi) is 6.45. The summed E-state index contributed by atoms with van der Waals surface area (Å²) >= 11 is 5.96. The summed E-state index contributed by atoms with van der Waals surface area (Å²) in [6.07, 6.45) is 3.27. The van der Waals surface area contributed by atoms with Gasteiger partial charge in [0.25, 0.3) is 0 Å². The molecule has 1 aromatic heterocycles. The second kappa shape index (κ2) is 7.85. The highest BCUT2D eigenvalue weighted by Gasteiger charge is 2.06. The van der Waals surface area contributed by atoms with Crippen molar-refractivity contribution in [2.45, 2.75) is 12.8 Å². The van der Waals surface area contributed by atoms with Crippen molar-refractivity contribution in [3.8, 4) is 0 Å². The van der Waals surface area contributed by atoms with E-state index in [4.69, 9.17) is 26.0 Å². The summed E-state index contributed by atoms with van der Waals surface area (Å²) < 4.78 is 8.70. The summed E-state index contributed by atoms with van der Waals surface area (Å²) in [5, 5.41) is 0.527. The van der Waals surface area contributed by atoms with Gasteiger partial charge in [0, 0.05) is 9.59 Å². The second-order valence-corrected chi connectivity index (χ2v) is 4.92. The van der Waals surface area contributed by atoms with Crippen LogP contribution in [0.2, 0.25) is 5.02 Å². The summed E-state index contributed by atoms with van der Waals surface area (Å²) in [5.74, 6) is 0. The van der Waals surface area contributed by atoms with E-state index in [-0.39, 0.29) is 0 Å². The largest absolute Gasteiger partial charge is 0.692 e. The van der Waals surface area contributed by atoms with Gasteiger partial charge in [-0.05, 0) is 30.5 Å². The third kappa shape index (κ3) is 5.24. The molecule has 0 saturated carbocycles. The molecule has 0 unspecified atom stereocenters. The Labute approximate surface area is 124 Å². The molecule has 21 heavy (non-hydrogen) atoms. The van der Waals surface area contributed by atoms with Crippen LogP contribution in [0.15, 0.2) is 34.4 Å². The Bertz CT molecular complexity index is 779. The van der Waals surface area contributed by atoms with Gasteiger partial charge in [-0.1, -0.05) is 17.7 Å². The molecule has 0 radical (unpaired) electrons. The second-order valence-electron chi connectivity index (χ2n) is 3.98. The average Bonchev–Trinajstić information content (AvgIpc) is 2.37. The van der Waals surface area contributed by atoms with Gasteiger partial charge in [0.1, 0.15) is 0 Å². The first kappa shape index (κ1) is 17.3. The van der Waals surface area contributed by atoms with E-state index < -0.39 is 19.4 Å². The van der Waals surface area contributed by atoms with E-state index in [1.807, 2.05) is 0 Å². The lowest BCUT2D eigenvalue weighted by Gasteiger charge is -2.05. The minimum Gasteiger partial charge on any atom is -0.316 e. The van der Waals surface area contributed by atoms with E-state index in [0.29, 0.717) is 22.5 Å². The Morgan fingerprint density at radius 2 is 1.81 bits per heavy atom. The lowest BCUT2D eigenvalue weighted by atomic mass is 10.1. The van der Waals surface area contributed by atoms with E-state index in [0.717, 1.165) is 12.0 Å². The molecule has 1 aromatic carbocycles. The quantitative estimate of drug-likeness (QED) is 0.386. The third-order valence-electron chi connectivity index (χ3n) is 2.50. The molecule has 0 spiro atoms. The number of benzene rings is 1. The number of halogens is 1. The average molecular weight is 332 g/mol. The smallest absolute Gasteiger partial charge is 0.316 e. The number of aromatic amines is 2. The summed E-state index contributed by atoms with van der Waals surface area (Å²) in [6.45, 7) is 3.65. The minimum absolute atomic E-state index is 0.527. The summed E-state index contributed by atoms with van der Waals surface area (Å²) in [5.41, 5.74) is 0.733. The SMILES string of the molecule is C=CCCc1cc(Cl)cc2[nH]c(=O)c(=O)[nH]c12.O=[P+](O)O. The number of nitrogens with one attached hydrogen (secondary N) is 2. The zero-order chi connectivity index (χ0) is 16.0. The van der Waals surface area contributed by atoms with E-state index in [1.165, 1.54) is 0 Å². The van der Waals surface area contributed by atoms with Gasteiger partial charge in [-0.25, -0.2) is 0 Å². The van der Waals surface area contributed by atoms with Gasteiger partial charge < -0.3 is 9.97 Å². The fourth-order valence-corrected chi connectivity index (χ4v) is 1.95. The Morgan fingerprint density at radius 3 is 2.38 bits per heavy atom. The van der Waals surface area contributed by atoms with E-state index >= 15 is 0 Å². The lowest BCUT2D eigenvalue weighted by Crippen LogP contribution is -2.29. The topological polar surface area (TPSA) is 123 Å². The number of aryl methyl sites for hydroxylation is 1. The van der Waals surface area contributed by atoms with Crippen molar-refractivity contribution in [2.75, 3.05) is 0 Å². The van der Waals surface area contributed by atoms with E-state index in [2.05, 4.69) is 16.5 Å². The molecule has 0 aliphatic rings. The molecule has 0 atom stereocenters. The molecule has 0 bridgehead atoms. The zero-order valence-corrected chi connectivity index (χ0v) is 12.4. The standard InChI is InChI=1S/C12H11ClN2O2.HO3P/c1-2-3-4-7-5-8(13)6-9-10(7)15-12(17)11(16)14-9;1-4(2)3/h2,5-6H,1,3-4H2,(H,14,16)(H,15,17);(H-,1,2,3)/p+1. The molecule has 112 valence electrons. The first-order chi connectivity index (χ1) is 9.85. The molecule has 7 nitrogen and oxygen atoms in total. The van der Waals surface area contributed by atoms with Crippen LogP contribution in [0.5, 0.6) is 0 Å². The maximum Gasteiger partial charge on any atom is 0.692 e. The summed E-state index contributed by atoms with van der Waals surface area (Å²) in [4.78, 5) is 41.8. The molecule has 0 amide bonds. The molecular formula is C12H13ClN2O5P+. The van der Waals surface area contributed by atoms with E-state index in [9.17, 15) is 9.59 Å². The number of fused-ring (bicyclic) bond motifs is 1. The maximum absolute atomic E-state index is 11.3. The monoisotopic (exact) mass is 331 g/mol. The molecule has 9 heteroatoms. The molecule has 0 aliphatic carbocycles. The van der Waals surface area contributed by atoms with Crippen LogP contribution in [0.3, 0.4) is 0 Å². The molecule has 0 aliphatic heterocycles. The number of hydrogen-bond donors (Lipinski definition) is 4. The number of H-pyrrole nitrogens is 2. The lowest BCUT2D eigenvalue weighted by molar-refractivity contribution is 0.405. The van der Waals surface area contributed by atoms with Crippen LogP contribution in [-0.4, -0.2) is 19.8 Å². The van der Waals surface area contributed by atoms with Crippen LogP contribution in [-0.2, 0) is 11.0 Å². The fourth-order valence-electron chi connectivity index (χ4n) is 1.71. The zero-order valence-electron chi connectivity index (χ0n) is 10.8. The van der Waals surface area contributed by atoms with Crippen molar-refractivity contribution >= 4 is 30.9 Å². The number of allylic oxidation sites excluding steroid dienone is 1. The van der Waals surface area contributed by atoms with E-state index in [1.54, 1.807) is 18.2 Å². The third-order valence-corrected chi connectivity index (χ3v) is 2.71. The van der Waals surface area contributed by atoms with Crippen LogP contribution in [0, 0.1) is 0 Å². The Balaban J connectivity index is 0.000000491. The van der Waals surface area contributed by atoms with Gasteiger partial charge in [0.05, 0.1) is 11.0 Å². The molecule has 0 fully saturated rings. The summed E-state index contributed by atoms with van der Waals surface area (Å²) in [7, 11) is -2.87. The number of aromatic nitrogens is 2. The Hall–Kier alpha value is -1.79. The van der Waals surface area contributed by atoms with Crippen LogP contribution >= 0.6 is 19.9 Å². The summed E-state index contributed by atoms with van der Waals surface area (Å²) in [6, 6.07) is 3.40. The molecule has 0 saturated heterocycles. The van der Waals surface area contributed by atoms with Crippen molar-refractivity contribution < 1.29 is 14.4 Å². The van der Waals surface area contributed by atoms with Gasteiger partial charge in [0.15, 0.2) is 0 Å².